The van der Waals surface area contributed by atoms with Gasteiger partial charge in [0.05, 0.1) is 5.52 Å². The van der Waals surface area contributed by atoms with E-state index >= 15 is 0 Å². The Labute approximate surface area is 122 Å². The first-order valence-corrected chi connectivity index (χ1v) is 7.87. The van der Waals surface area contributed by atoms with Gasteiger partial charge in [0.25, 0.3) is 0 Å². The minimum Gasteiger partial charge on any atom is -0.385 e. The van der Waals surface area contributed by atoms with Gasteiger partial charge in [0.1, 0.15) is 0 Å². The van der Waals surface area contributed by atoms with E-state index in [9.17, 15) is 0 Å². The van der Waals surface area contributed by atoms with Gasteiger partial charge in [0.15, 0.2) is 0 Å². The predicted molar refractivity (Wildman–Crippen MR) is 88.6 cm³/mol. The Morgan fingerprint density at radius 3 is 2.60 bits per heavy atom. The molecule has 0 saturated carbocycles. The summed E-state index contributed by atoms with van der Waals surface area (Å²) in [5.74, 6) is 0. The van der Waals surface area contributed by atoms with Crippen LogP contribution in [-0.4, -0.2) is 11.5 Å². The first-order valence-electron chi connectivity index (χ1n) is 7.87. The molecule has 0 aliphatic carbocycles. The molecule has 2 rings (SSSR count). The van der Waals surface area contributed by atoms with Crippen molar-refractivity contribution in [2.75, 3.05) is 11.9 Å². The lowest BCUT2D eigenvalue weighted by Gasteiger charge is -2.15. The molecule has 0 aliphatic rings. The molecule has 0 spiro atoms. The van der Waals surface area contributed by atoms with E-state index in [1.54, 1.807) is 0 Å². The van der Waals surface area contributed by atoms with Crippen LogP contribution in [0.5, 0.6) is 0 Å². The summed E-state index contributed by atoms with van der Waals surface area (Å²) in [5.41, 5.74) is 6.31. The Hall–Kier alpha value is -1.57. The van der Waals surface area contributed by atoms with Crippen molar-refractivity contribution in [3.05, 3.63) is 35.0 Å². The van der Waals surface area contributed by atoms with E-state index in [-0.39, 0.29) is 0 Å². The molecule has 1 aromatic heterocycles. The Bertz CT molecular complexity index is 587. The number of nitrogens with one attached hydrogen (secondary N) is 1. The summed E-state index contributed by atoms with van der Waals surface area (Å²) in [4.78, 5) is 4.82. The average Bonchev–Trinajstić information content (AvgIpc) is 2.47. The van der Waals surface area contributed by atoms with Gasteiger partial charge in [-0.15, -0.1) is 0 Å². The number of hydrogen-bond donors (Lipinski definition) is 1. The maximum Gasteiger partial charge on any atom is 0.0726 e. The predicted octanol–water partition coefficient (Wildman–Crippen LogP) is 4.88. The van der Waals surface area contributed by atoms with Crippen LogP contribution in [0.3, 0.4) is 0 Å². The van der Waals surface area contributed by atoms with Crippen LogP contribution in [-0.2, 0) is 12.8 Å². The highest BCUT2D eigenvalue weighted by Crippen LogP contribution is 2.29. The van der Waals surface area contributed by atoms with Crippen molar-refractivity contribution < 1.29 is 0 Å². The van der Waals surface area contributed by atoms with Gasteiger partial charge in [0.2, 0.25) is 0 Å². The summed E-state index contributed by atoms with van der Waals surface area (Å²) in [5, 5.41) is 4.81. The summed E-state index contributed by atoms with van der Waals surface area (Å²) < 4.78 is 0. The highest BCUT2D eigenvalue weighted by molar-refractivity contribution is 5.93. The number of aryl methyl sites for hydroxylation is 2. The summed E-state index contributed by atoms with van der Waals surface area (Å²) in [6.45, 7) is 9.69. The van der Waals surface area contributed by atoms with Crippen LogP contribution < -0.4 is 5.32 Å². The molecule has 0 saturated heterocycles. The topological polar surface area (TPSA) is 24.9 Å². The zero-order valence-electron chi connectivity index (χ0n) is 13.2. The second-order valence-corrected chi connectivity index (χ2v) is 5.40. The van der Waals surface area contributed by atoms with Gasteiger partial charge in [0, 0.05) is 23.3 Å². The Morgan fingerprint density at radius 2 is 1.95 bits per heavy atom. The molecule has 20 heavy (non-hydrogen) atoms. The van der Waals surface area contributed by atoms with Crippen molar-refractivity contribution in [2.24, 2.45) is 0 Å². The molecule has 0 radical (unpaired) electrons. The maximum atomic E-state index is 4.82. The minimum atomic E-state index is 0.947. The molecular formula is C18H26N2. The molecule has 0 unspecified atom stereocenters. The molecule has 108 valence electrons. The van der Waals surface area contributed by atoms with Crippen LogP contribution in [0, 0.1) is 6.92 Å². The van der Waals surface area contributed by atoms with E-state index < -0.39 is 0 Å². The number of aromatic nitrogens is 1. The smallest absolute Gasteiger partial charge is 0.0726 e. The molecule has 2 nitrogen and oxygen atoms in total. The van der Waals surface area contributed by atoms with Gasteiger partial charge >= 0.3 is 0 Å². The van der Waals surface area contributed by atoms with Gasteiger partial charge in [-0.25, -0.2) is 0 Å². The van der Waals surface area contributed by atoms with Crippen molar-refractivity contribution in [2.45, 2.75) is 53.4 Å². The molecule has 0 amide bonds. The van der Waals surface area contributed by atoms with Gasteiger partial charge in [-0.3, -0.25) is 4.98 Å². The second kappa shape index (κ2) is 6.74. The fourth-order valence-corrected chi connectivity index (χ4v) is 2.74. The first kappa shape index (κ1) is 14.8. The van der Waals surface area contributed by atoms with Gasteiger partial charge in [-0.2, -0.15) is 0 Å². The van der Waals surface area contributed by atoms with Crippen LogP contribution in [0.25, 0.3) is 10.9 Å². The van der Waals surface area contributed by atoms with E-state index in [0.717, 1.165) is 24.9 Å². The van der Waals surface area contributed by atoms with E-state index in [2.05, 4.69) is 51.2 Å². The Balaban J connectivity index is 2.56. The molecule has 0 atom stereocenters. The number of benzene rings is 1. The number of fused-ring (bicyclic) bond motifs is 1. The number of nitrogens with zero attached hydrogens (tertiary/aromatic N) is 1. The molecule has 0 bridgehead atoms. The number of anilines is 1. The fourth-order valence-electron chi connectivity index (χ4n) is 2.74. The lowest BCUT2D eigenvalue weighted by molar-refractivity contribution is 0.796. The number of hydrogen-bond acceptors (Lipinski definition) is 2. The van der Waals surface area contributed by atoms with Crippen molar-refractivity contribution in [1.29, 1.82) is 0 Å². The third-order valence-electron chi connectivity index (χ3n) is 3.90. The van der Waals surface area contributed by atoms with Crippen LogP contribution in [0.15, 0.2) is 18.2 Å². The first-order chi connectivity index (χ1) is 9.71. The largest absolute Gasteiger partial charge is 0.385 e. The van der Waals surface area contributed by atoms with Crippen LogP contribution >= 0.6 is 0 Å². The van der Waals surface area contributed by atoms with Gasteiger partial charge < -0.3 is 5.32 Å². The monoisotopic (exact) mass is 270 g/mol. The highest BCUT2D eigenvalue weighted by atomic mass is 14.9. The van der Waals surface area contributed by atoms with Gasteiger partial charge in [-0.05, 0) is 56.4 Å². The van der Waals surface area contributed by atoms with Gasteiger partial charge in [-0.1, -0.05) is 26.3 Å². The summed E-state index contributed by atoms with van der Waals surface area (Å²) >= 11 is 0. The van der Waals surface area contributed by atoms with Crippen molar-refractivity contribution in [1.82, 2.24) is 4.98 Å². The lowest BCUT2D eigenvalue weighted by Crippen LogP contribution is -2.04. The van der Waals surface area contributed by atoms with E-state index in [4.69, 9.17) is 4.98 Å². The average molecular weight is 270 g/mol. The third kappa shape index (κ3) is 2.95. The normalized spacial score (nSPS) is 11.0. The van der Waals surface area contributed by atoms with Crippen molar-refractivity contribution >= 4 is 16.6 Å². The molecule has 1 N–H and O–H groups in total. The Kier molecular flexibility index (Phi) is 4.99. The number of unbranched alkanes of at least 4 members (excludes halogenated alkanes) is 1. The van der Waals surface area contributed by atoms with Crippen LogP contribution in [0.1, 0.15) is 50.4 Å². The summed E-state index contributed by atoms with van der Waals surface area (Å²) in [6, 6.07) is 6.73. The SMILES string of the molecule is CCCCc1ccc2nc(CC)c(C)c(NCC)c2c1. The molecule has 2 aromatic rings. The van der Waals surface area contributed by atoms with Crippen LogP contribution in [0.2, 0.25) is 0 Å². The molecule has 1 aromatic carbocycles. The number of rotatable bonds is 6. The standard InChI is InChI=1S/C18H26N2/c1-5-8-9-14-10-11-17-15(12-14)18(19-7-3)13(4)16(6-2)20-17/h10-12H,5-9H2,1-4H3,(H,19,20). The van der Waals surface area contributed by atoms with E-state index in [1.807, 2.05) is 0 Å². The molecule has 1 heterocycles. The quantitative estimate of drug-likeness (QED) is 0.809. The Morgan fingerprint density at radius 1 is 1.15 bits per heavy atom. The van der Waals surface area contributed by atoms with Crippen molar-refractivity contribution in [3.8, 4) is 0 Å². The summed E-state index contributed by atoms with van der Waals surface area (Å²) in [7, 11) is 0. The summed E-state index contributed by atoms with van der Waals surface area (Å²) in [6.07, 6.45) is 4.63. The zero-order chi connectivity index (χ0) is 14.5. The fraction of sp³-hybridized carbons (Fsp3) is 0.500. The van der Waals surface area contributed by atoms with Crippen LogP contribution in [0.4, 0.5) is 5.69 Å². The highest BCUT2D eigenvalue weighted by Gasteiger charge is 2.10. The van der Waals surface area contributed by atoms with E-state index in [1.165, 1.54) is 40.7 Å². The number of pyridine rings is 1. The molecule has 2 heteroatoms. The molecule has 0 fully saturated rings. The second-order valence-electron chi connectivity index (χ2n) is 5.40. The molecule has 0 aliphatic heterocycles. The van der Waals surface area contributed by atoms with E-state index in [0.29, 0.717) is 0 Å². The zero-order valence-corrected chi connectivity index (χ0v) is 13.2. The minimum absolute atomic E-state index is 0.947. The third-order valence-corrected chi connectivity index (χ3v) is 3.90. The lowest BCUT2D eigenvalue weighted by atomic mass is 10.0. The van der Waals surface area contributed by atoms with Crippen molar-refractivity contribution in [3.63, 3.8) is 0 Å². The molecular weight excluding hydrogens is 244 g/mol. The maximum absolute atomic E-state index is 4.82.